The maximum absolute atomic E-state index is 12.3. The molecule has 1 N–H and O–H groups in total. The average molecular weight is 311 g/mol. The van der Waals surface area contributed by atoms with Crippen molar-refractivity contribution in [2.75, 3.05) is 0 Å². The summed E-state index contributed by atoms with van der Waals surface area (Å²) < 4.78 is 5.93. The number of amides is 1. The van der Waals surface area contributed by atoms with Crippen LogP contribution in [0.15, 0.2) is 48.5 Å². The van der Waals surface area contributed by atoms with Gasteiger partial charge in [0.25, 0.3) is 5.91 Å². The number of carbonyl (C=O) groups is 1. The molecule has 0 saturated heterocycles. The molecule has 2 aromatic rings. The van der Waals surface area contributed by atoms with Crippen LogP contribution in [0.4, 0.5) is 0 Å². The van der Waals surface area contributed by atoms with Crippen LogP contribution < -0.4 is 10.1 Å². The second-order valence-electron chi connectivity index (χ2n) is 6.16. The Hall–Kier alpha value is -2.29. The zero-order valence-electron chi connectivity index (χ0n) is 14.3. The molecule has 122 valence electrons. The van der Waals surface area contributed by atoms with Crippen molar-refractivity contribution in [3.8, 4) is 5.75 Å². The second kappa shape index (κ2) is 7.82. The lowest BCUT2D eigenvalue weighted by atomic mass is 10.0. The van der Waals surface area contributed by atoms with Crippen molar-refractivity contribution < 1.29 is 9.53 Å². The van der Waals surface area contributed by atoms with Gasteiger partial charge in [-0.3, -0.25) is 4.79 Å². The van der Waals surface area contributed by atoms with Crippen LogP contribution >= 0.6 is 0 Å². The van der Waals surface area contributed by atoms with Crippen LogP contribution in [0.5, 0.6) is 5.75 Å². The van der Waals surface area contributed by atoms with Crippen LogP contribution in [0.3, 0.4) is 0 Å². The maximum atomic E-state index is 12.3. The third kappa shape index (κ3) is 4.85. The van der Waals surface area contributed by atoms with E-state index in [1.165, 1.54) is 0 Å². The van der Waals surface area contributed by atoms with Crippen molar-refractivity contribution in [1.29, 1.82) is 0 Å². The van der Waals surface area contributed by atoms with Crippen molar-refractivity contribution in [3.63, 3.8) is 0 Å². The van der Waals surface area contributed by atoms with Crippen molar-refractivity contribution >= 4 is 5.91 Å². The number of nitrogens with one attached hydrogen (secondary N) is 1. The Morgan fingerprint density at radius 1 is 1.09 bits per heavy atom. The molecule has 0 aliphatic rings. The molecule has 0 aromatic heterocycles. The van der Waals surface area contributed by atoms with Crippen LogP contribution in [0.1, 0.15) is 43.4 Å². The lowest BCUT2D eigenvalue weighted by molar-refractivity contribution is -0.127. The molecule has 3 nitrogen and oxygen atoms in total. The zero-order valence-corrected chi connectivity index (χ0v) is 14.3. The van der Waals surface area contributed by atoms with E-state index in [4.69, 9.17) is 4.74 Å². The van der Waals surface area contributed by atoms with Crippen molar-refractivity contribution in [2.45, 2.75) is 46.3 Å². The Morgan fingerprint density at radius 3 is 2.43 bits per heavy atom. The van der Waals surface area contributed by atoms with E-state index >= 15 is 0 Å². The third-order valence-corrected chi connectivity index (χ3v) is 3.77. The van der Waals surface area contributed by atoms with Gasteiger partial charge >= 0.3 is 0 Å². The van der Waals surface area contributed by atoms with Crippen LogP contribution in [0.25, 0.3) is 0 Å². The molecule has 0 bridgehead atoms. The number of benzene rings is 2. The Bertz CT molecular complexity index is 650. The summed E-state index contributed by atoms with van der Waals surface area (Å²) in [5.41, 5.74) is 3.33. The first-order valence-corrected chi connectivity index (χ1v) is 8.06. The lowest BCUT2D eigenvalue weighted by Crippen LogP contribution is -2.36. The molecule has 0 aliphatic heterocycles. The normalized spacial score (nSPS) is 12.0. The van der Waals surface area contributed by atoms with Gasteiger partial charge in [-0.2, -0.15) is 0 Å². The number of rotatable bonds is 6. The van der Waals surface area contributed by atoms with E-state index in [1.807, 2.05) is 43.3 Å². The first-order chi connectivity index (χ1) is 11.0. The molecule has 0 unspecified atom stereocenters. The predicted molar refractivity (Wildman–Crippen MR) is 93.6 cm³/mol. The second-order valence-corrected chi connectivity index (χ2v) is 6.16. The smallest absolute Gasteiger partial charge is 0.261 e. The van der Waals surface area contributed by atoms with Gasteiger partial charge in [0.1, 0.15) is 5.75 Å². The monoisotopic (exact) mass is 311 g/mol. The molecule has 2 aromatic carbocycles. The van der Waals surface area contributed by atoms with Gasteiger partial charge in [-0.1, -0.05) is 56.3 Å². The van der Waals surface area contributed by atoms with E-state index in [9.17, 15) is 4.79 Å². The number of carbonyl (C=O) groups excluding carboxylic acids is 1. The molecule has 1 amide bonds. The molecule has 3 heteroatoms. The van der Waals surface area contributed by atoms with Crippen molar-refractivity contribution in [3.05, 3.63) is 65.2 Å². The summed E-state index contributed by atoms with van der Waals surface area (Å²) in [5, 5.41) is 2.92. The number of hydrogen-bond acceptors (Lipinski definition) is 2. The highest BCUT2D eigenvalue weighted by atomic mass is 16.5. The van der Waals surface area contributed by atoms with Gasteiger partial charge in [0, 0.05) is 6.54 Å². The molecule has 0 fully saturated rings. The fourth-order valence-corrected chi connectivity index (χ4v) is 2.39. The van der Waals surface area contributed by atoms with E-state index in [1.54, 1.807) is 6.92 Å². The maximum Gasteiger partial charge on any atom is 0.261 e. The van der Waals surface area contributed by atoms with E-state index in [0.29, 0.717) is 12.5 Å². The predicted octanol–water partition coefficient (Wildman–Crippen LogP) is 4.20. The summed E-state index contributed by atoms with van der Waals surface area (Å²) in [6, 6.07) is 16.0. The van der Waals surface area contributed by atoms with E-state index in [-0.39, 0.29) is 5.91 Å². The minimum Gasteiger partial charge on any atom is -0.481 e. The highest BCUT2D eigenvalue weighted by Gasteiger charge is 2.17. The number of hydrogen-bond donors (Lipinski definition) is 1. The fourth-order valence-electron chi connectivity index (χ4n) is 2.39. The Morgan fingerprint density at radius 2 is 1.78 bits per heavy atom. The first-order valence-electron chi connectivity index (χ1n) is 8.06. The molecule has 0 aliphatic carbocycles. The molecule has 0 saturated carbocycles. The minimum absolute atomic E-state index is 0.106. The molecule has 23 heavy (non-hydrogen) atoms. The van der Waals surface area contributed by atoms with Gasteiger partial charge < -0.3 is 10.1 Å². The third-order valence-electron chi connectivity index (χ3n) is 3.77. The topological polar surface area (TPSA) is 38.3 Å². The summed E-state index contributed by atoms with van der Waals surface area (Å²) in [6.07, 6.45) is -0.530. The van der Waals surface area contributed by atoms with E-state index in [0.717, 1.165) is 22.4 Å². The highest BCUT2D eigenvalue weighted by molar-refractivity contribution is 5.80. The summed E-state index contributed by atoms with van der Waals surface area (Å²) in [4.78, 5) is 12.3. The SMILES string of the molecule is Cc1ccc(C(C)C)c(O[C@H](C)C(=O)NCc2ccccc2)c1. The number of aryl methyl sites for hydroxylation is 1. The van der Waals surface area contributed by atoms with E-state index in [2.05, 4.69) is 31.3 Å². The van der Waals surface area contributed by atoms with Crippen LogP contribution in [0, 0.1) is 6.92 Å². The van der Waals surface area contributed by atoms with Gasteiger partial charge in [0.05, 0.1) is 0 Å². The van der Waals surface area contributed by atoms with Crippen molar-refractivity contribution in [1.82, 2.24) is 5.32 Å². The average Bonchev–Trinajstić information content (AvgIpc) is 2.53. The highest BCUT2D eigenvalue weighted by Crippen LogP contribution is 2.28. The fraction of sp³-hybridized carbons (Fsp3) is 0.350. The van der Waals surface area contributed by atoms with Gasteiger partial charge in [-0.05, 0) is 42.5 Å². The Kier molecular flexibility index (Phi) is 5.80. The zero-order chi connectivity index (χ0) is 16.8. The summed E-state index contributed by atoms with van der Waals surface area (Å²) in [6.45, 7) is 8.57. The summed E-state index contributed by atoms with van der Waals surface area (Å²) >= 11 is 0. The largest absolute Gasteiger partial charge is 0.481 e. The van der Waals surface area contributed by atoms with Gasteiger partial charge in [-0.15, -0.1) is 0 Å². The standard InChI is InChI=1S/C20H25NO2/c1-14(2)18-11-10-15(3)12-19(18)23-16(4)20(22)21-13-17-8-6-5-7-9-17/h5-12,14,16H,13H2,1-4H3,(H,21,22)/t16-/m1/s1. The first kappa shape index (κ1) is 17.1. The van der Waals surface area contributed by atoms with Crippen LogP contribution in [-0.2, 0) is 11.3 Å². The molecular formula is C20H25NO2. The molecule has 1 atom stereocenters. The Balaban J connectivity index is 1.99. The van der Waals surface area contributed by atoms with Gasteiger partial charge in [0.15, 0.2) is 6.10 Å². The lowest BCUT2D eigenvalue weighted by Gasteiger charge is -2.19. The summed E-state index contributed by atoms with van der Waals surface area (Å²) in [7, 11) is 0. The van der Waals surface area contributed by atoms with Gasteiger partial charge in [0.2, 0.25) is 0 Å². The quantitative estimate of drug-likeness (QED) is 0.868. The molecular weight excluding hydrogens is 286 g/mol. The number of ether oxygens (including phenoxy) is 1. The molecule has 2 rings (SSSR count). The minimum atomic E-state index is -0.530. The van der Waals surface area contributed by atoms with Crippen LogP contribution in [0.2, 0.25) is 0 Å². The molecule has 0 radical (unpaired) electrons. The van der Waals surface area contributed by atoms with Crippen LogP contribution in [-0.4, -0.2) is 12.0 Å². The van der Waals surface area contributed by atoms with Gasteiger partial charge in [-0.25, -0.2) is 0 Å². The van der Waals surface area contributed by atoms with E-state index < -0.39 is 6.10 Å². The summed E-state index contributed by atoms with van der Waals surface area (Å²) in [5.74, 6) is 1.04. The molecule has 0 heterocycles. The van der Waals surface area contributed by atoms with Crippen molar-refractivity contribution in [2.24, 2.45) is 0 Å². The Labute approximate surface area is 138 Å². The molecule has 0 spiro atoms.